The van der Waals surface area contributed by atoms with Crippen LogP contribution in [0.2, 0.25) is 0 Å². The third kappa shape index (κ3) is 1.37. The van der Waals surface area contributed by atoms with Gasteiger partial charge in [-0.2, -0.15) is 0 Å². The van der Waals surface area contributed by atoms with Gasteiger partial charge in [0.2, 0.25) is 0 Å². The lowest BCUT2D eigenvalue weighted by atomic mass is 9.78. The molecule has 98 valence electrons. The molecule has 0 amide bonds. The normalized spacial score (nSPS) is 23.1. The Hall–Kier alpha value is -2.74. The zero-order valence-corrected chi connectivity index (χ0v) is 11.2. The molecule has 1 heterocycles. The molecule has 1 aromatic rings. The highest BCUT2D eigenvalue weighted by molar-refractivity contribution is 6.14. The Labute approximate surface area is 122 Å². The van der Waals surface area contributed by atoms with Gasteiger partial charge in [-0.25, -0.2) is 0 Å². The highest BCUT2D eigenvalue weighted by Crippen LogP contribution is 2.45. The van der Waals surface area contributed by atoms with Gasteiger partial charge >= 0.3 is 0 Å². The molecular formula is C19H11NO. The number of aliphatic imine (C=N–C) groups is 1. The first-order chi connectivity index (χ1) is 10.3. The third-order valence-corrected chi connectivity index (χ3v) is 4.54. The Morgan fingerprint density at radius 2 is 1.95 bits per heavy atom. The van der Waals surface area contributed by atoms with Crippen LogP contribution >= 0.6 is 0 Å². The quantitative estimate of drug-likeness (QED) is 0.706. The van der Waals surface area contributed by atoms with E-state index in [9.17, 15) is 4.79 Å². The van der Waals surface area contributed by atoms with Crippen molar-refractivity contribution in [2.24, 2.45) is 4.99 Å². The van der Waals surface area contributed by atoms with E-state index < -0.39 is 0 Å². The van der Waals surface area contributed by atoms with Crippen molar-refractivity contribution in [2.45, 2.75) is 5.92 Å². The van der Waals surface area contributed by atoms with Crippen molar-refractivity contribution in [1.29, 1.82) is 0 Å². The minimum Gasteiger partial charge on any atom is -0.290 e. The summed E-state index contributed by atoms with van der Waals surface area (Å²) >= 11 is 0. The highest BCUT2D eigenvalue weighted by atomic mass is 16.1. The van der Waals surface area contributed by atoms with E-state index in [1.807, 2.05) is 18.5 Å². The molecular weight excluding hydrogens is 258 g/mol. The van der Waals surface area contributed by atoms with Crippen molar-refractivity contribution in [3.63, 3.8) is 0 Å². The Bertz CT molecular complexity index is 904. The predicted octanol–water partition coefficient (Wildman–Crippen LogP) is 3.68. The topological polar surface area (TPSA) is 29.4 Å². The van der Waals surface area contributed by atoms with E-state index >= 15 is 0 Å². The maximum absolute atomic E-state index is 11.5. The van der Waals surface area contributed by atoms with Crippen molar-refractivity contribution < 1.29 is 4.79 Å². The second-order valence-corrected chi connectivity index (χ2v) is 5.67. The first-order valence-corrected chi connectivity index (χ1v) is 7.06. The van der Waals surface area contributed by atoms with Crippen LogP contribution in [0, 0.1) is 0 Å². The van der Waals surface area contributed by atoms with Crippen LogP contribution in [0.3, 0.4) is 0 Å². The Morgan fingerprint density at radius 3 is 2.90 bits per heavy atom. The summed E-state index contributed by atoms with van der Waals surface area (Å²) in [5, 5.41) is 0. The Morgan fingerprint density at radius 1 is 1.00 bits per heavy atom. The van der Waals surface area contributed by atoms with Crippen molar-refractivity contribution in [3.05, 3.63) is 76.0 Å². The summed E-state index contributed by atoms with van der Waals surface area (Å²) in [6.45, 7) is 0. The minimum atomic E-state index is 0.0773. The van der Waals surface area contributed by atoms with Gasteiger partial charge in [-0.15, -0.1) is 0 Å². The van der Waals surface area contributed by atoms with Gasteiger partial charge in [0.15, 0.2) is 5.78 Å². The number of rotatable bonds is 0. The molecule has 0 saturated heterocycles. The van der Waals surface area contributed by atoms with Crippen molar-refractivity contribution in [3.8, 4) is 0 Å². The molecule has 0 fully saturated rings. The molecule has 0 saturated carbocycles. The predicted molar refractivity (Wildman–Crippen MR) is 84.9 cm³/mol. The number of carbonyl (C=O) groups is 1. The molecule has 1 aliphatic heterocycles. The molecule has 4 aliphatic rings. The van der Waals surface area contributed by atoms with E-state index in [2.05, 4.69) is 35.4 Å². The van der Waals surface area contributed by atoms with Crippen molar-refractivity contribution in [1.82, 2.24) is 0 Å². The van der Waals surface area contributed by atoms with E-state index in [4.69, 9.17) is 0 Å². The van der Waals surface area contributed by atoms with Gasteiger partial charge in [-0.3, -0.25) is 9.79 Å². The lowest BCUT2D eigenvalue weighted by molar-refractivity contribution is -0.110. The number of hydrogen-bond acceptors (Lipinski definition) is 2. The number of ketones is 1. The fraction of sp³-hybridized carbons (Fsp3) is 0.0526. The van der Waals surface area contributed by atoms with Crippen molar-refractivity contribution >= 4 is 29.7 Å². The summed E-state index contributed by atoms with van der Waals surface area (Å²) in [4.78, 5) is 15.7. The lowest BCUT2D eigenvalue weighted by Crippen LogP contribution is -2.11. The van der Waals surface area contributed by atoms with E-state index in [-0.39, 0.29) is 11.7 Å². The summed E-state index contributed by atoms with van der Waals surface area (Å²) < 4.78 is 0. The fourth-order valence-corrected chi connectivity index (χ4v) is 3.55. The SMILES string of the molecule is O=C1C=CC2C(=C1)C=Cc1c2ccc2c1C=C1C=NC=C12. The molecule has 0 radical (unpaired) electrons. The second kappa shape index (κ2) is 3.67. The van der Waals surface area contributed by atoms with Crippen LogP contribution in [0.25, 0.3) is 17.7 Å². The Balaban J connectivity index is 1.75. The van der Waals surface area contributed by atoms with Crippen LogP contribution in [-0.2, 0) is 4.79 Å². The zero-order chi connectivity index (χ0) is 14.0. The molecule has 2 heteroatoms. The van der Waals surface area contributed by atoms with Crippen LogP contribution in [0.1, 0.15) is 28.2 Å². The number of hydrogen-bond donors (Lipinski definition) is 0. The number of fused-ring (bicyclic) bond motifs is 7. The van der Waals surface area contributed by atoms with Gasteiger partial charge in [0.1, 0.15) is 0 Å². The maximum Gasteiger partial charge on any atom is 0.178 e. The molecule has 21 heavy (non-hydrogen) atoms. The third-order valence-electron chi connectivity index (χ3n) is 4.54. The highest BCUT2D eigenvalue weighted by Gasteiger charge is 2.28. The van der Waals surface area contributed by atoms with Gasteiger partial charge in [0, 0.05) is 29.5 Å². The summed E-state index contributed by atoms with van der Waals surface area (Å²) in [7, 11) is 0. The van der Waals surface area contributed by atoms with E-state index in [0.717, 1.165) is 5.57 Å². The standard InChI is InChI=1S/C19H11NO/c21-13-2-4-14-11(7-13)1-3-16-15(14)5-6-17-18(16)8-12-9-20-10-19(12)17/h1-10,14H. The zero-order valence-electron chi connectivity index (χ0n) is 11.2. The number of carbonyl (C=O) groups excluding carboxylic acids is 1. The van der Waals surface area contributed by atoms with Gasteiger partial charge in [0.25, 0.3) is 0 Å². The largest absolute Gasteiger partial charge is 0.290 e. The van der Waals surface area contributed by atoms with Crippen molar-refractivity contribution in [2.75, 3.05) is 0 Å². The first kappa shape index (κ1) is 11.0. The Kier molecular flexibility index (Phi) is 1.92. The molecule has 1 aromatic carbocycles. The average Bonchev–Trinajstić information content (AvgIpc) is 3.07. The number of nitrogens with zero attached hydrogens (tertiary/aromatic N) is 1. The van der Waals surface area contributed by atoms with E-state index in [1.165, 1.54) is 33.4 Å². The lowest BCUT2D eigenvalue weighted by Gasteiger charge is -2.25. The molecule has 2 nitrogen and oxygen atoms in total. The monoisotopic (exact) mass is 269 g/mol. The molecule has 3 aliphatic carbocycles. The first-order valence-electron chi connectivity index (χ1n) is 7.06. The van der Waals surface area contributed by atoms with Gasteiger partial charge < -0.3 is 0 Å². The molecule has 0 aromatic heterocycles. The van der Waals surface area contributed by atoms with Crippen LogP contribution in [0.15, 0.2) is 58.8 Å². The summed E-state index contributed by atoms with van der Waals surface area (Å²) in [6, 6.07) is 4.37. The second-order valence-electron chi connectivity index (χ2n) is 5.67. The molecule has 5 rings (SSSR count). The van der Waals surface area contributed by atoms with Gasteiger partial charge in [-0.1, -0.05) is 30.4 Å². The van der Waals surface area contributed by atoms with Gasteiger partial charge in [-0.05, 0) is 46.1 Å². The smallest absolute Gasteiger partial charge is 0.178 e. The summed E-state index contributed by atoms with van der Waals surface area (Å²) in [5.74, 6) is 0.281. The van der Waals surface area contributed by atoms with Gasteiger partial charge in [0.05, 0.1) is 0 Å². The van der Waals surface area contributed by atoms with Crippen LogP contribution < -0.4 is 0 Å². The van der Waals surface area contributed by atoms with Crippen LogP contribution in [-0.4, -0.2) is 12.0 Å². The fourth-order valence-electron chi connectivity index (χ4n) is 3.55. The molecule has 0 spiro atoms. The average molecular weight is 269 g/mol. The van der Waals surface area contributed by atoms with Crippen LogP contribution in [0.5, 0.6) is 0 Å². The molecule has 1 atom stereocenters. The summed E-state index contributed by atoms with van der Waals surface area (Å²) in [5.41, 5.74) is 8.58. The molecule has 0 N–H and O–H groups in total. The van der Waals surface area contributed by atoms with E-state index in [0.29, 0.717) is 0 Å². The summed E-state index contributed by atoms with van der Waals surface area (Å²) in [6.07, 6.45) is 15.7. The number of benzene rings is 1. The molecule has 0 bridgehead atoms. The van der Waals surface area contributed by atoms with Crippen LogP contribution in [0.4, 0.5) is 0 Å². The molecule has 1 unspecified atom stereocenters. The minimum absolute atomic E-state index is 0.0773. The number of allylic oxidation sites excluding steroid dienone is 7. The van der Waals surface area contributed by atoms with E-state index in [1.54, 1.807) is 12.2 Å². The maximum atomic E-state index is 11.5.